The van der Waals surface area contributed by atoms with E-state index in [9.17, 15) is 4.39 Å². The first-order valence-corrected chi connectivity index (χ1v) is 7.62. The van der Waals surface area contributed by atoms with Crippen molar-refractivity contribution in [2.45, 2.75) is 32.5 Å². The number of nitrogens with one attached hydrogen (secondary N) is 1. The average Bonchev–Trinajstić information content (AvgIpc) is 2.72. The van der Waals surface area contributed by atoms with Crippen LogP contribution in [0.25, 0.3) is 0 Å². The van der Waals surface area contributed by atoms with Crippen LogP contribution < -0.4 is 5.32 Å². The number of aliphatic imine (C=N–C) groups is 1. The first-order chi connectivity index (χ1) is 10.9. The highest BCUT2D eigenvalue weighted by atomic mass is 19.1. The van der Waals surface area contributed by atoms with Gasteiger partial charge in [-0.1, -0.05) is 35.9 Å². The molecular formula is C18H21BF2N2. The molecule has 0 aromatic rings. The number of halogens is 2. The number of hydrogen-bond donors (Lipinski definition) is 1. The molecule has 0 amide bonds. The molecule has 2 atom stereocenters. The highest BCUT2D eigenvalue weighted by Crippen LogP contribution is 2.32. The number of nitrogens with zero attached hydrogens (tertiary/aromatic N) is 1. The highest BCUT2D eigenvalue weighted by Gasteiger charge is 2.33. The van der Waals surface area contributed by atoms with Gasteiger partial charge in [0.25, 0.3) is 0 Å². The number of rotatable bonds is 3. The lowest BCUT2D eigenvalue weighted by Gasteiger charge is -2.29. The van der Waals surface area contributed by atoms with Gasteiger partial charge in [0.1, 0.15) is 13.4 Å². The van der Waals surface area contributed by atoms with Crippen LogP contribution in [0.2, 0.25) is 0 Å². The minimum Gasteiger partial charge on any atom is -0.371 e. The van der Waals surface area contributed by atoms with Gasteiger partial charge < -0.3 is 5.32 Å². The van der Waals surface area contributed by atoms with E-state index in [4.69, 9.17) is 0 Å². The molecule has 0 heterocycles. The molecule has 23 heavy (non-hydrogen) atoms. The van der Waals surface area contributed by atoms with Crippen LogP contribution >= 0.6 is 0 Å². The van der Waals surface area contributed by atoms with E-state index in [2.05, 4.69) is 10.3 Å². The zero-order chi connectivity index (χ0) is 17.0. The van der Waals surface area contributed by atoms with Crippen molar-refractivity contribution in [2.75, 3.05) is 0 Å². The molecule has 0 saturated heterocycles. The molecular weight excluding hydrogens is 293 g/mol. The Morgan fingerprint density at radius 3 is 2.78 bits per heavy atom. The Balaban J connectivity index is 2.43. The average molecular weight is 314 g/mol. The topological polar surface area (TPSA) is 24.4 Å². The fourth-order valence-corrected chi connectivity index (χ4v) is 2.46. The lowest BCUT2D eigenvalue weighted by atomic mass is 9.95. The summed E-state index contributed by atoms with van der Waals surface area (Å²) in [7, 11) is 1.89. The molecule has 2 rings (SSSR count). The van der Waals surface area contributed by atoms with E-state index < -0.39 is 17.5 Å². The molecule has 120 valence electrons. The molecule has 2 aliphatic rings. The summed E-state index contributed by atoms with van der Waals surface area (Å²) in [5.41, 5.74) is 1.10. The number of allylic oxidation sites excluding steroid dienone is 8. The number of alkyl halides is 1. The Morgan fingerprint density at radius 1 is 1.35 bits per heavy atom. The summed E-state index contributed by atoms with van der Waals surface area (Å²) >= 11 is 0. The molecule has 0 aromatic heterocycles. The van der Waals surface area contributed by atoms with Gasteiger partial charge in [0.2, 0.25) is 0 Å². The van der Waals surface area contributed by atoms with Gasteiger partial charge in [0.15, 0.2) is 12.0 Å². The Bertz CT molecular complexity index is 696. The molecule has 0 radical (unpaired) electrons. The zero-order valence-corrected chi connectivity index (χ0v) is 13.9. The first-order valence-electron chi connectivity index (χ1n) is 7.62. The molecule has 2 unspecified atom stereocenters. The smallest absolute Gasteiger partial charge is 0.158 e. The van der Waals surface area contributed by atoms with Crippen molar-refractivity contribution >= 4 is 14.1 Å². The lowest BCUT2D eigenvalue weighted by Crippen LogP contribution is -2.43. The third kappa shape index (κ3) is 3.78. The molecule has 2 aliphatic carbocycles. The minimum atomic E-state index is -1.31. The second-order valence-corrected chi connectivity index (χ2v) is 5.88. The quantitative estimate of drug-likeness (QED) is 0.626. The molecule has 5 heteroatoms. The summed E-state index contributed by atoms with van der Waals surface area (Å²) in [5, 5.41) is 3.01. The normalized spacial score (nSPS) is 28.2. The first kappa shape index (κ1) is 17.2. The minimum absolute atomic E-state index is 0.277. The maximum Gasteiger partial charge on any atom is 0.158 e. The third-order valence-corrected chi connectivity index (χ3v) is 3.83. The highest BCUT2D eigenvalue weighted by molar-refractivity contribution is 6.23. The standard InChI is InChI=1S/C18H21BF2N2/c1-4-22-16-12(2)6-5-11-18(3,17(16)21)23-15-10-8-13(19)7-9-14(15)20/h4-11,14,23H,19H2,1-3H3/b22-4-. The van der Waals surface area contributed by atoms with Crippen molar-refractivity contribution in [1.82, 2.24) is 5.32 Å². The molecule has 0 aromatic carbocycles. The van der Waals surface area contributed by atoms with Gasteiger partial charge in [-0.05, 0) is 38.5 Å². The van der Waals surface area contributed by atoms with E-state index in [1.54, 1.807) is 63.4 Å². The molecule has 0 fully saturated rings. The Labute approximate surface area is 137 Å². The van der Waals surface area contributed by atoms with Crippen LogP contribution in [0.1, 0.15) is 20.8 Å². The van der Waals surface area contributed by atoms with Gasteiger partial charge in [-0.15, -0.1) is 0 Å². The monoisotopic (exact) mass is 314 g/mol. The van der Waals surface area contributed by atoms with E-state index in [1.807, 2.05) is 7.85 Å². The van der Waals surface area contributed by atoms with Gasteiger partial charge in [-0.2, -0.15) is 0 Å². The molecule has 0 saturated carbocycles. The second kappa shape index (κ2) is 6.94. The molecule has 0 aliphatic heterocycles. The largest absolute Gasteiger partial charge is 0.371 e. The van der Waals surface area contributed by atoms with E-state index in [1.165, 1.54) is 6.08 Å². The van der Waals surface area contributed by atoms with Crippen molar-refractivity contribution in [3.8, 4) is 0 Å². The van der Waals surface area contributed by atoms with E-state index in [0.29, 0.717) is 5.70 Å². The van der Waals surface area contributed by atoms with Crippen LogP contribution in [-0.4, -0.2) is 25.8 Å². The summed E-state index contributed by atoms with van der Waals surface area (Å²) < 4.78 is 29.4. The van der Waals surface area contributed by atoms with Crippen molar-refractivity contribution in [3.05, 3.63) is 70.8 Å². The molecule has 0 spiro atoms. The third-order valence-electron chi connectivity index (χ3n) is 3.83. The maximum absolute atomic E-state index is 15.1. The summed E-state index contributed by atoms with van der Waals surface area (Å²) in [5.74, 6) is -0.430. The van der Waals surface area contributed by atoms with Crippen LogP contribution in [0.15, 0.2) is 75.8 Å². The maximum atomic E-state index is 15.1. The SMILES string of the molecule is BC1=CC=C(NC2(C)C=CC=C(C)C(/N=C\C)=C2F)C(F)C=C1. The van der Waals surface area contributed by atoms with Crippen LogP contribution in [0.5, 0.6) is 0 Å². The van der Waals surface area contributed by atoms with Crippen LogP contribution in [0.4, 0.5) is 8.78 Å². The van der Waals surface area contributed by atoms with Gasteiger partial charge in [0, 0.05) is 6.21 Å². The Morgan fingerprint density at radius 2 is 2.09 bits per heavy atom. The van der Waals surface area contributed by atoms with Crippen molar-refractivity contribution < 1.29 is 8.78 Å². The molecule has 2 nitrogen and oxygen atoms in total. The molecule has 1 N–H and O–H groups in total. The molecule has 0 bridgehead atoms. The van der Waals surface area contributed by atoms with Crippen molar-refractivity contribution in [2.24, 2.45) is 4.99 Å². The Kier molecular flexibility index (Phi) is 5.19. The van der Waals surface area contributed by atoms with Crippen molar-refractivity contribution in [1.29, 1.82) is 0 Å². The lowest BCUT2D eigenvalue weighted by molar-refractivity contribution is 0.376. The van der Waals surface area contributed by atoms with Crippen LogP contribution in [0.3, 0.4) is 0 Å². The van der Waals surface area contributed by atoms with E-state index in [0.717, 1.165) is 11.0 Å². The van der Waals surface area contributed by atoms with E-state index >= 15 is 4.39 Å². The summed E-state index contributed by atoms with van der Waals surface area (Å²) in [6.07, 6.45) is 12.1. The van der Waals surface area contributed by atoms with E-state index in [-0.39, 0.29) is 5.70 Å². The van der Waals surface area contributed by atoms with Crippen LogP contribution in [-0.2, 0) is 0 Å². The second-order valence-electron chi connectivity index (χ2n) is 5.88. The van der Waals surface area contributed by atoms with Gasteiger partial charge in [0.05, 0.1) is 11.4 Å². The summed E-state index contributed by atoms with van der Waals surface area (Å²) in [6.45, 7) is 5.21. The van der Waals surface area contributed by atoms with Gasteiger partial charge in [-0.25, -0.2) is 8.78 Å². The Hall–Kier alpha value is -2.17. The predicted molar refractivity (Wildman–Crippen MR) is 95.5 cm³/mol. The fourth-order valence-electron chi connectivity index (χ4n) is 2.46. The van der Waals surface area contributed by atoms with Crippen molar-refractivity contribution in [3.63, 3.8) is 0 Å². The predicted octanol–water partition coefficient (Wildman–Crippen LogP) is 3.43. The van der Waals surface area contributed by atoms with Gasteiger partial charge >= 0.3 is 0 Å². The fraction of sp³-hybridized carbons (Fsp3) is 0.278. The summed E-state index contributed by atoms with van der Waals surface area (Å²) in [4.78, 5) is 4.14. The number of hydrogen-bond acceptors (Lipinski definition) is 2. The zero-order valence-electron chi connectivity index (χ0n) is 13.9. The van der Waals surface area contributed by atoms with Crippen LogP contribution in [0, 0.1) is 0 Å². The summed E-state index contributed by atoms with van der Waals surface area (Å²) in [6, 6.07) is 0. The van der Waals surface area contributed by atoms with Gasteiger partial charge in [-0.3, -0.25) is 4.99 Å².